The quantitative estimate of drug-likeness (QED) is 0.385. The van der Waals surface area contributed by atoms with E-state index in [2.05, 4.69) is 31.0 Å². The number of rotatable bonds is 2. The molecule has 3 aliphatic heterocycles. The molecular weight excluding hydrogens is 460 g/mol. The number of nitro groups is 1. The van der Waals surface area contributed by atoms with Crippen LogP contribution in [0.2, 0.25) is 0 Å². The Bertz CT molecular complexity index is 1340. The predicted molar refractivity (Wildman–Crippen MR) is 132 cm³/mol. The molecule has 2 bridgehead atoms. The van der Waals surface area contributed by atoms with Crippen molar-refractivity contribution in [3.63, 3.8) is 0 Å². The molecular formula is C27H28N4O5. The smallest absolute Gasteiger partial charge is 0.335 e. The molecule has 9 nitrogen and oxygen atoms in total. The SMILES string of the molecule is CC1(C)C[C@@H]2C[C@@](C)(C1)[C@@H]1N2c2ccc([N+](=O)[O-])cc2C[C@@]12C(=O)NC(=O)N(c1ccccc1)C2=O. The normalized spacial score (nSPS) is 32.2. The van der Waals surface area contributed by atoms with Crippen molar-refractivity contribution >= 4 is 34.9 Å². The number of urea groups is 1. The van der Waals surface area contributed by atoms with Crippen LogP contribution in [0, 0.1) is 26.4 Å². The van der Waals surface area contributed by atoms with Crippen LogP contribution in [0.5, 0.6) is 0 Å². The van der Waals surface area contributed by atoms with Crippen molar-refractivity contribution in [1.82, 2.24) is 5.32 Å². The van der Waals surface area contributed by atoms with Gasteiger partial charge in [-0.1, -0.05) is 39.0 Å². The number of hydrogen-bond donors (Lipinski definition) is 1. The number of carbonyl (C=O) groups is 3. The minimum atomic E-state index is -1.60. The Kier molecular flexibility index (Phi) is 4.51. The largest absolute Gasteiger partial charge is 0.363 e. The minimum absolute atomic E-state index is 0.00476. The average molecular weight is 489 g/mol. The zero-order valence-corrected chi connectivity index (χ0v) is 20.5. The first kappa shape index (κ1) is 22.7. The number of nitrogens with one attached hydrogen (secondary N) is 1. The van der Waals surface area contributed by atoms with Crippen LogP contribution in [0.4, 0.5) is 21.9 Å². The maximum atomic E-state index is 14.5. The second kappa shape index (κ2) is 7.15. The maximum absolute atomic E-state index is 14.5. The molecule has 1 aliphatic carbocycles. The van der Waals surface area contributed by atoms with E-state index in [-0.39, 0.29) is 29.0 Å². The molecule has 186 valence electrons. The van der Waals surface area contributed by atoms with E-state index >= 15 is 0 Å². The predicted octanol–water partition coefficient (Wildman–Crippen LogP) is 4.19. The molecule has 1 spiro atoms. The molecule has 6 rings (SSSR count). The fourth-order valence-corrected chi connectivity index (χ4v) is 7.94. The number of non-ortho nitro benzene ring substituents is 1. The third kappa shape index (κ3) is 2.91. The van der Waals surface area contributed by atoms with Gasteiger partial charge in [0.1, 0.15) is 0 Å². The van der Waals surface area contributed by atoms with Crippen molar-refractivity contribution in [3.8, 4) is 0 Å². The number of anilines is 2. The highest BCUT2D eigenvalue weighted by Crippen LogP contribution is 2.64. The van der Waals surface area contributed by atoms with Gasteiger partial charge in [-0.2, -0.15) is 0 Å². The Labute approximate surface area is 208 Å². The molecule has 9 heteroatoms. The number of nitrogens with zero attached hydrogens (tertiary/aromatic N) is 3. The van der Waals surface area contributed by atoms with E-state index in [0.717, 1.165) is 29.8 Å². The number of para-hydroxylation sites is 1. The van der Waals surface area contributed by atoms with E-state index in [1.54, 1.807) is 36.4 Å². The summed E-state index contributed by atoms with van der Waals surface area (Å²) < 4.78 is 0. The fraction of sp³-hybridized carbons (Fsp3) is 0.444. The van der Waals surface area contributed by atoms with E-state index in [1.807, 2.05) is 0 Å². The Morgan fingerprint density at radius 3 is 2.44 bits per heavy atom. The van der Waals surface area contributed by atoms with Gasteiger partial charge in [0.2, 0.25) is 5.91 Å². The molecule has 4 atom stereocenters. The van der Waals surface area contributed by atoms with Crippen molar-refractivity contribution in [2.24, 2.45) is 16.2 Å². The second-order valence-electron chi connectivity index (χ2n) is 11.8. The number of barbiturate groups is 1. The average Bonchev–Trinajstić information content (AvgIpc) is 3.03. The summed E-state index contributed by atoms with van der Waals surface area (Å²) in [5, 5.41) is 14.1. The van der Waals surface area contributed by atoms with Crippen LogP contribution in [0.25, 0.3) is 0 Å². The zero-order chi connectivity index (χ0) is 25.6. The molecule has 36 heavy (non-hydrogen) atoms. The van der Waals surface area contributed by atoms with Crippen LogP contribution in [0.1, 0.15) is 45.6 Å². The summed E-state index contributed by atoms with van der Waals surface area (Å²) in [5.74, 6) is -1.19. The summed E-state index contributed by atoms with van der Waals surface area (Å²) in [6.07, 6.45) is 2.50. The summed E-state index contributed by atoms with van der Waals surface area (Å²) in [7, 11) is 0. The fourth-order valence-electron chi connectivity index (χ4n) is 7.94. The standard InChI is InChI=1S/C27H28N4O5/c1-25(2)13-19-14-26(3,15-25)21-27(12-16-11-18(31(35)36)9-10-20(16)29(19)21)22(32)28-24(34)30(23(27)33)17-7-5-4-6-8-17/h4-11,19,21H,12-15H2,1-3H3,(H,28,32,34)/t19-,21+,26+,27+/m1/s1. The molecule has 0 radical (unpaired) electrons. The van der Waals surface area contributed by atoms with Gasteiger partial charge in [-0.05, 0) is 53.9 Å². The highest BCUT2D eigenvalue weighted by molar-refractivity contribution is 6.30. The van der Waals surface area contributed by atoms with Gasteiger partial charge in [0, 0.05) is 30.3 Å². The van der Waals surface area contributed by atoms with E-state index < -0.39 is 34.2 Å². The molecule has 0 unspecified atom stereocenters. The zero-order valence-electron chi connectivity index (χ0n) is 20.5. The van der Waals surface area contributed by atoms with Crippen molar-refractivity contribution in [3.05, 3.63) is 64.2 Å². The topological polar surface area (TPSA) is 113 Å². The van der Waals surface area contributed by atoms with Gasteiger partial charge in [0.25, 0.3) is 11.6 Å². The van der Waals surface area contributed by atoms with Gasteiger partial charge in [-0.3, -0.25) is 25.0 Å². The lowest BCUT2D eigenvalue weighted by molar-refractivity contribution is -0.384. The lowest BCUT2D eigenvalue weighted by Crippen LogP contribution is -2.73. The number of nitro benzene ring substituents is 1. The molecule has 1 N–H and O–H groups in total. The van der Waals surface area contributed by atoms with Crippen molar-refractivity contribution < 1.29 is 19.3 Å². The van der Waals surface area contributed by atoms with Crippen LogP contribution in [0.3, 0.4) is 0 Å². The van der Waals surface area contributed by atoms with E-state index in [0.29, 0.717) is 11.3 Å². The molecule has 4 amide bonds. The van der Waals surface area contributed by atoms with E-state index in [1.165, 1.54) is 12.1 Å². The first-order valence-corrected chi connectivity index (χ1v) is 12.3. The lowest BCUT2D eigenvalue weighted by atomic mass is 9.56. The summed E-state index contributed by atoms with van der Waals surface area (Å²) in [6, 6.07) is 12.1. The molecule has 2 saturated heterocycles. The number of amides is 4. The Hall–Kier alpha value is -3.75. The molecule has 0 aromatic heterocycles. The third-order valence-electron chi connectivity index (χ3n) is 8.62. The number of benzene rings is 2. The first-order valence-electron chi connectivity index (χ1n) is 12.3. The number of fused-ring (bicyclic) bond motifs is 8. The van der Waals surface area contributed by atoms with Crippen LogP contribution in [0.15, 0.2) is 48.5 Å². The number of imide groups is 2. The van der Waals surface area contributed by atoms with Crippen LogP contribution >= 0.6 is 0 Å². The van der Waals surface area contributed by atoms with Gasteiger partial charge in [-0.15, -0.1) is 0 Å². The molecule has 2 aromatic rings. The van der Waals surface area contributed by atoms with Crippen LogP contribution < -0.4 is 15.1 Å². The summed E-state index contributed by atoms with van der Waals surface area (Å²) in [5.41, 5.74) is -0.269. The van der Waals surface area contributed by atoms with Gasteiger partial charge >= 0.3 is 6.03 Å². The third-order valence-corrected chi connectivity index (χ3v) is 8.62. The second-order valence-corrected chi connectivity index (χ2v) is 11.8. The molecule has 3 fully saturated rings. The maximum Gasteiger partial charge on any atom is 0.335 e. The van der Waals surface area contributed by atoms with E-state index in [4.69, 9.17) is 0 Å². The van der Waals surface area contributed by atoms with Gasteiger partial charge in [0.05, 0.1) is 16.7 Å². The summed E-state index contributed by atoms with van der Waals surface area (Å²) in [4.78, 5) is 55.8. The van der Waals surface area contributed by atoms with Crippen LogP contribution in [-0.4, -0.2) is 34.9 Å². The Morgan fingerprint density at radius 1 is 1.03 bits per heavy atom. The van der Waals surface area contributed by atoms with Gasteiger partial charge in [-0.25, -0.2) is 9.69 Å². The highest BCUT2D eigenvalue weighted by atomic mass is 16.6. The number of carbonyl (C=O) groups excluding carboxylic acids is 3. The van der Waals surface area contributed by atoms with Crippen LogP contribution in [-0.2, 0) is 16.0 Å². The Morgan fingerprint density at radius 2 is 1.75 bits per heavy atom. The first-order chi connectivity index (χ1) is 17.0. The van der Waals surface area contributed by atoms with E-state index in [9.17, 15) is 24.5 Å². The van der Waals surface area contributed by atoms with Crippen molar-refractivity contribution in [2.75, 3.05) is 9.80 Å². The number of hydrogen-bond acceptors (Lipinski definition) is 6. The monoisotopic (exact) mass is 488 g/mol. The lowest BCUT2D eigenvalue weighted by Gasteiger charge is -2.53. The summed E-state index contributed by atoms with van der Waals surface area (Å²) >= 11 is 0. The highest BCUT2D eigenvalue weighted by Gasteiger charge is 2.71. The molecule has 4 aliphatic rings. The van der Waals surface area contributed by atoms with Gasteiger partial charge in [0.15, 0.2) is 5.41 Å². The minimum Gasteiger partial charge on any atom is -0.363 e. The summed E-state index contributed by atoms with van der Waals surface area (Å²) in [6.45, 7) is 6.57. The van der Waals surface area contributed by atoms with Crippen molar-refractivity contribution in [1.29, 1.82) is 0 Å². The Balaban J connectivity index is 1.60. The molecule has 3 heterocycles. The molecule has 2 aromatic carbocycles. The van der Waals surface area contributed by atoms with Crippen molar-refractivity contribution in [2.45, 2.75) is 58.5 Å². The molecule has 1 saturated carbocycles. The van der Waals surface area contributed by atoms with Gasteiger partial charge < -0.3 is 4.90 Å².